The zero-order valence-corrected chi connectivity index (χ0v) is 27.7. The number of H-pyrrole nitrogens is 2. The van der Waals surface area contributed by atoms with E-state index in [1.165, 1.54) is 7.11 Å². The highest BCUT2D eigenvalue weighted by molar-refractivity contribution is 6.23. The van der Waals surface area contributed by atoms with Gasteiger partial charge in [-0.25, -0.2) is 0 Å². The Morgan fingerprint density at radius 2 is 1.54 bits per heavy atom. The van der Waals surface area contributed by atoms with Gasteiger partial charge in [0.05, 0.1) is 23.8 Å². The number of amides is 1. The van der Waals surface area contributed by atoms with Crippen molar-refractivity contribution >= 4 is 45.5 Å². The van der Waals surface area contributed by atoms with Crippen LogP contribution in [0.3, 0.4) is 0 Å². The fraction of sp³-hybridized carbons (Fsp3) is 0.444. The van der Waals surface area contributed by atoms with E-state index in [9.17, 15) is 19.2 Å². The molecule has 5 heterocycles. The second-order valence-electron chi connectivity index (χ2n) is 12.9. The van der Waals surface area contributed by atoms with Crippen molar-refractivity contribution in [3.05, 3.63) is 68.8 Å². The van der Waals surface area contributed by atoms with Crippen LogP contribution in [0.15, 0.2) is 18.2 Å². The maximum atomic E-state index is 14.1. The second-order valence-corrected chi connectivity index (χ2v) is 12.9. The molecule has 10 nitrogen and oxygen atoms in total. The normalized spacial score (nSPS) is 21.8. The number of esters is 1. The second kappa shape index (κ2) is 11.6. The van der Waals surface area contributed by atoms with Crippen LogP contribution in [0.4, 0.5) is 0 Å². The molecule has 3 aliphatic rings. The number of fused-ring (bicyclic) bond motifs is 8. The predicted octanol–water partition coefficient (Wildman–Crippen LogP) is 6.30. The molecule has 5 atom stereocenters. The largest absolute Gasteiger partial charge is 0.468 e. The van der Waals surface area contributed by atoms with Gasteiger partial charge in [0.25, 0.3) is 0 Å². The predicted molar refractivity (Wildman–Crippen MR) is 175 cm³/mol. The van der Waals surface area contributed by atoms with Crippen LogP contribution in [0.2, 0.25) is 0 Å². The lowest BCUT2D eigenvalue weighted by atomic mass is 9.84. The highest BCUT2D eigenvalue weighted by Gasteiger charge is 2.45. The number of rotatable bonds is 6. The number of nitrogens with one attached hydrogen (secondary N) is 3. The molecule has 240 valence electrons. The van der Waals surface area contributed by atoms with Gasteiger partial charge in [-0.3, -0.25) is 29.1 Å². The number of ketones is 2. The number of carbonyl (C=O) groups excluding carboxylic acids is 4. The third kappa shape index (κ3) is 4.77. The molecule has 6 rings (SSSR count). The van der Waals surface area contributed by atoms with Crippen LogP contribution in [0.5, 0.6) is 0 Å². The first-order chi connectivity index (χ1) is 21.9. The van der Waals surface area contributed by atoms with E-state index >= 15 is 0 Å². The van der Waals surface area contributed by atoms with Gasteiger partial charge in [-0.15, -0.1) is 0 Å². The third-order valence-electron chi connectivity index (χ3n) is 10.4. The maximum Gasteiger partial charge on any atom is 0.321 e. The summed E-state index contributed by atoms with van der Waals surface area (Å²) in [7, 11) is 2.89. The third-order valence-corrected chi connectivity index (χ3v) is 10.4. The quantitative estimate of drug-likeness (QED) is 0.166. The molecule has 3 aromatic rings. The number of carbonyl (C=O) groups is 4. The molecule has 3 aromatic heterocycles. The molecule has 0 saturated heterocycles. The monoisotopic (exact) mass is 623 g/mol. The first kappa shape index (κ1) is 31.4. The molecule has 1 unspecified atom stereocenters. The first-order valence-electron chi connectivity index (χ1n) is 16.0. The van der Waals surface area contributed by atoms with Crippen molar-refractivity contribution in [3.8, 4) is 0 Å². The molecule has 1 aliphatic carbocycles. The van der Waals surface area contributed by atoms with Gasteiger partial charge in [0, 0.05) is 81.9 Å². The van der Waals surface area contributed by atoms with E-state index in [0.29, 0.717) is 39.8 Å². The fourth-order valence-corrected chi connectivity index (χ4v) is 7.74. The minimum atomic E-state index is -1.17. The lowest BCUT2D eigenvalue weighted by Crippen LogP contribution is -2.22. The Labute approximate surface area is 267 Å². The topological polar surface area (TPSA) is 147 Å². The number of ether oxygens (including phenoxy) is 1. The molecule has 0 aromatic carbocycles. The first-order valence-corrected chi connectivity index (χ1v) is 16.0. The van der Waals surface area contributed by atoms with Gasteiger partial charge >= 0.3 is 5.97 Å². The van der Waals surface area contributed by atoms with Crippen LogP contribution in [0, 0.1) is 13.8 Å². The summed E-state index contributed by atoms with van der Waals surface area (Å²) >= 11 is 0. The van der Waals surface area contributed by atoms with Crippen molar-refractivity contribution in [2.45, 2.75) is 90.4 Å². The van der Waals surface area contributed by atoms with E-state index < -0.39 is 11.9 Å². The zero-order valence-electron chi connectivity index (χ0n) is 27.7. The Kier molecular flexibility index (Phi) is 7.94. The van der Waals surface area contributed by atoms with Gasteiger partial charge in [-0.2, -0.15) is 0 Å². The standard InChI is InChI=1S/C36H41N5O5/c1-9-20-15(2)22-14-27-29(19(6)42)17(4)24(39-27)12-23-16(3)21(10-11-28(43)37-7)33(40-23)31-32(36(45)46-8)35(44)30-18(5)25(41-34(30)31)13-26(20)38-22/h12-16,20-21,32,39,41H,9-11H2,1-8H3,(H,37,43)/t15-,16+,20-,21+,32?/m1/s1. The van der Waals surface area contributed by atoms with Crippen LogP contribution in [0.1, 0.15) is 137 Å². The summed E-state index contributed by atoms with van der Waals surface area (Å²) in [5.41, 5.74) is 9.01. The fourth-order valence-electron chi connectivity index (χ4n) is 7.74. The van der Waals surface area contributed by atoms with Crippen molar-refractivity contribution in [1.29, 1.82) is 0 Å². The van der Waals surface area contributed by atoms with Crippen LogP contribution in [-0.2, 0) is 14.3 Å². The van der Waals surface area contributed by atoms with Crippen LogP contribution in [-0.4, -0.2) is 57.5 Å². The highest BCUT2D eigenvalue weighted by atomic mass is 16.5. The SMILES string of the molecule is CC[C@H]1c2cc3[nH]c4c(c3C)C(=O)C(C(=O)OC)c4c3nc(cc4[nH]c(cc(n2)[C@@H]1C)c(C(C)=O)c4C)[C@@H](C)[C@@H]3CCC(=O)NC. The molecule has 10 heteroatoms. The summed E-state index contributed by atoms with van der Waals surface area (Å²) in [6, 6.07) is 5.95. The molecule has 1 amide bonds. The number of Topliss-reactive ketones (excluding diaryl/α,β-unsaturated/α-hetero) is 2. The van der Waals surface area contributed by atoms with Gasteiger partial charge in [0.15, 0.2) is 11.6 Å². The average Bonchev–Trinajstić information content (AvgIpc) is 3.76. The number of hydrogen-bond acceptors (Lipinski definition) is 7. The molecule has 46 heavy (non-hydrogen) atoms. The Bertz CT molecular complexity index is 1990. The molecule has 0 spiro atoms. The molecule has 0 saturated carbocycles. The van der Waals surface area contributed by atoms with Crippen LogP contribution in [0.25, 0.3) is 22.1 Å². The van der Waals surface area contributed by atoms with E-state index in [1.54, 1.807) is 14.0 Å². The average molecular weight is 624 g/mol. The molecule has 8 bridgehead atoms. The van der Waals surface area contributed by atoms with Crippen molar-refractivity contribution in [3.63, 3.8) is 0 Å². The molecule has 3 N–H and O–H groups in total. The zero-order chi connectivity index (χ0) is 33.2. The van der Waals surface area contributed by atoms with Crippen molar-refractivity contribution < 1.29 is 23.9 Å². The molecule has 2 aliphatic heterocycles. The summed E-state index contributed by atoms with van der Waals surface area (Å²) in [5.74, 6) is -2.47. The van der Waals surface area contributed by atoms with Gasteiger partial charge in [-0.05, 0) is 62.9 Å². The van der Waals surface area contributed by atoms with Crippen molar-refractivity contribution in [1.82, 2.24) is 25.3 Å². The Balaban J connectivity index is 1.79. The van der Waals surface area contributed by atoms with E-state index in [2.05, 4.69) is 29.1 Å². The Morgan fingerprint density at radius 3 is 2.20 bits per heavy atom. The van der Waals surface area contributed by atoms with Gasteiger partial charge < -0.3 is 20.0 Å². The van der Waals surface area contributed by atoms with Gasteiger partial charge in [-0.1, -0.05) is 20.8 Å². The number of aromatic nitrogens is 4. The maximum absolute atomic E-state index is 14.1. The summed E-state index contributed by atoms with van der Waals surface area (Å²) in [6.45, 7) is 11.7. The minimum absolute atomic E-state index is 0.0496. The van der Waals surface area contributed by atoms with Crippen molar-refractivity contribution in [2.24, 2.45) is 0 Å². The molecule has 0 fully saturated rings. The lowest BCUT2D eigenvalue weighted by Gasteiger charge is -2.18. The van der Waals surface area contributed by atoms with E-state index in [-0.39, 0.29) is 47.6 Å². The number of aromatic amines is 2. The summed E-state index contributed by atoms with van der Waals surface area (Å²) in [5, 5.41) is 2.69. The lowest BCUT2D eigenvalue weighted by molar-refractivity contribution is -0.141. The summed E-state index contributed by atoms with van der Waals surface area (Å²) in [4.78, 5) is 70.0. The number of nitrogens with zero attached hydrogens (tertiary/aromatic N) is 2. The minimum Gasteiger partial charge on any atom is -0.468 e. The molecular formula is C36H41N5O5. The van der Waals surface area contributed by atoms with E-state index in [0.717, 1.165) is 45.7 Å². The number of methoxy groups -OCH3 is 1. The van der Waals surface area contributed by atoms with Gasteiger partial charge in [0.1, 0.15) is 5.92 Å². The number of aryl methyl sites for hydroxylation is 2. The van der Waals surface area contributed by atoms with E-state index in [4.69, 9.17) is 14.7 Å². The highest BCUT2D eigenvalue weighted by Crippen LogP contribution is 2.48. The van der Waals surface area contributed by atoms with Crippen molar-refractivity contribution in [2.75, 3.05) is 14.2 Å². The molecule has 0 radical (unpaired) electrons. The smallest absolute Gasteiger partial charge is 0.321 e. The van der Waals surface area contributed by atoms with Gasteiger partial charge in [0.2, 0.25) is 5.91 Å². The summed E-state index contributed by atoms with van der Waals surface area (Å²) < 4.78 is 5.17. The Hall–Kier alpha value is -4.60. The van der Waals surface area contributed by atoms with E-state index in [1.807, 2.05) is 39.0 Å². The number of hydrogen-bond donors (Lipinski definition) is 3. The molecular weight excluding hydrogens is 582 g/mol. The Morgan fingerprint density at radius 1 is 0.913 bits per heavy atom. The van der Waals surface area contributed by atoms with Crippen LogP contribution < -0.4 is 5.32 Å². The summed E-state index contributed by atoms with van der Waals surface area (Å²) in [6.07, 6.45) is 1.57. The van der Waals surface area contributed by atoms with Crippen LogP contribution >= 0.6 is 0 Å².